The number of amides is 2. The van der Waals surface area contributed by atoms with Crippen molar-refractivity contribution in [2.45, 2.75) is 26.3 Å². The fourth-order valence-electron chi connectivity index (χ4n) is 2.45. The van der Waals surface area contributed by atoms with Gasteiger partial charge >= 0.3 is 0 Å². The highest BCUT2D eigenvalue weighted by atomic mass is 19.1. The molecule has 0 aromatic heterocycles. The minimum absolute atomic E-state index is 0.00314. The number of carbonyl (C=O) groups is 2. The summed E-state index contributed by atoms with van der Waals surface area (Å²) in [6.07, 6.45) is 1.60. The lowest BCUT2D eigenvalue weighted by Gasteiger charge is -2.31. The highest BCUT2D eigenvalue weighted by Crippen LogP contribution is 2.17. The summed E-state index contributed by atoms with van der Waals surface area (Å²) in [6.45, 7) is 2.87. The van der Waals surface area contributed by atoms with Gasteiger partial charge in [0, 0.05) is 32.1 Å². The van der Waals surface area contributed by atoms with Crippen LogP contribution in [0.4, 0.5) is 4.39 Å². The molecule has 108 valence electrons. The van der Waals surface area contributed by atoms with E-state index in [0.29, 0.717) is 18.7 Å². The van der Waals surface area contributed by atoms with E-state index in [1.807, 2.05) is 0 Å². The molecular weight excluding hydrogens is 259 g/mol. The zero-order valence-electron chi connectivity index (χ0n) is 11.6. The lowest BCUT2D eigenvalue weighted by Crippen LogP contribution is -2.44. The van der Waals surface area contributed by atoms with E-state index in [1.54, 1.807) is 23.1 Å². The number of piperidine rings is 1. The summed E-state index contributed by atoms with van der Waals surface area (Å²) >= 11 is 0. The maximum Gasteiger partial charge on any atom is 0.225 e. The Morgan fingerprint density at radius 2 is 2.15 bits per heavy atom. The number of nitrogens with one attached hydrogen (secondary N) is 1. The first kappa shape index (κ1) is 14.5. The molecule has 1 aromatic rings. The molecule has 1 N–H and O–H groups in total. The number of hydrogen-bond acceptors (Lipinski definition) is 2. The molecule has 0 spiro atoms. The van der Waals surface area contributed by atoms with E-state index in [9.17, 15) is 14.0 Å². The molecule has 1 aromatic carbocycles. The van der Waals surface area contributed by atoms with Crippen LogP contribution in [0.5, 0.6) is 0 Å². The summed E-state index contributed by atoms with van der Waals surface area (Å²) in [4.78, 5) is 25.1. The Morgan fingerprint density at radius 1 is 1.40 bits per heavy atom. The molecule has 1 atom stereocenters. The van der Waals surface area contributed by atoms with Crippen LogP contribution in [0.3, 0.4) is 0 Å². The van der Waals surface area contributed by atoms with Crippen molar-refractivity contribution < 1.29 is 14.0 Å². The largest absolute Gasteiger partial charge is 0.352 e. The molecule has 1 unspecified atom stereocenters. The third-order valence-corrected chi connectivity index (χ3v) is 3.65. The van der Waals surface area contributed by atoms with E-state index in [2.05, 4.69) is 5.32 Å². The molecule has 5 heteroatoms. The Hall–Kier alpha value is -1.91. The normalized spacial score (nSPS) is 18.7. The molecule has 1 fully saturated rings. The van der Waals surface area contributed by atoms with Gasteiger partial charge in [0.05, 0.1) is 5.92 Å². The average molecular weight is 278 g/mol. The second kappa shape index (κ2) is 6.50. The fraction of sp³-hybridized carbons (Fsp3) is 0.467. The maximum absolute atomic E-state index is 13.4. The molecule has 0 radical (unpaired) electrons. The van der Waals surface area contributed by atoms with Crippen molar-refractivity contribution >= 4 is 11.8 Å². The third-order valence-electron chi connectivity index (χ3n) is 3.65. The molecule has 4 nitrogen and oxygen atoms in total. The smallest absolute Gasteiger partial charge is 0.225 e. The minimum atomic E-state index is -0.318. The van der Waals surface area contributed by atoms with Gasteiger partial charge < -0.3 is 10.2 Å². The van der Waals surface area contributed by atoms with Crippen molar-refractivity contribution in [2.24, 2.45) is 5.92 Å². The lowest BCUT2D eigenvalue weighted by atomic mass is 9.97. The van der Waals surface area contributed by atoms with E-state index >= 15 is 0 Å². The number of hydrogen-bond donors (Lipinski definition) is 1. The molecular formula is C15H19FN2O2. The van der Waals surface area contributed by atoms with Gasteiger partial charge in [0.1, 0.15) is 5.82 Å². The number of carbonyl (C=O) groups excluding carboxylic acids is 2. The summed E-state index contributed by atoms with van der Waals surface area (Å²) in [5.74, 6) is -0.628. The lowest BCUT2D eigenvalue weighted by molar-refractivity contribution is -0.134. The molecule has 0 bridgehead atoms. The second-order valence-electron chi connectivity index (χ2n) is 5.11. The minimum Gasteiger partial charge on any atom is -0.352 e. The number of rotatable bonds is 3. The van der Waals surface area contributed by atoms with Crippen LogP contribution < -0.4 is 5.32 Å². The fourth-order valence-corrected chi connectivity index (χ4v) is 2.45. The zero-order valence-corrected chi connectivity index (χ0v) is 11.6. The van der Waals surface area contributed by atoms with Gasteiger partial charge in [-0.15, -0.1) is 0 Å². The van der Waals surface area contributed by atoms with E-state index in [1.165, 1.54) is 13.0 Å². The molecule has 20 heavy (non-hydrogen) atoms. The summed E-state index contributed by atoms with van der Waals surface area (Å²) in [7, 11) is 0. The van der Waals surface area contributed by atoms with Crippen LogP contribution in [-0.4, -0.2) is 29.8 Å². The van der Waals surface area contributed by atoms with Gasteiger partial charge in [0.25, 0.3) is 0 Å². The van der Waals surface area contributed by atoms with E-state index < -0.39 is 0 Å². The first-order chi connectivity index (χ1) is 9.58. The summed E-state index contributed by atoms with van der Waals surface area (Å²) in [5.41, 5.74) is 0.472. The summed E-state index contributed by atoms with van der Waals surface area (Å²) in [5, 5.41) is 2.75. The molecule has 0 aliphatic carbocycles. The molecule has 2 rings (SSSR count). The van der Waals surface area contributed by atoms with Crippen molar-refractivity contribution in [2.75, 3.05) is 13.1 Å². The SMILES string of the molecule is CC(=O)N1CCCC(C(=O)NCc2ccccc2F)C1. The van der Waals surface area contributed by atoms with Crippen molar-refractivity contribution in [1.82, 2.24) is 10.2 Å². The van der Waals surface area contributed by atoms with Crippen LogP contribution in [-0.2, 0) is 16.1 Å². The molecule has 1 heterocycles. The number of benzene rings is 1. The predicted octanol–water partition coefficient (Wildman–Crippen LogP) is 1.70. The van der Waals surface area contributed by atoms with Crippen molar-refractivity contribution in [3.8, 4) is 0 Å². The van der Waals surface area contributed by atoms with Crippen LogP contribution in [0.1, 0.15) is 25.3 Å². The number of halogens is 1. The predicted molar refractivity (Wildman–Crippen MR) is 73.2 cm³/mol. The average Bonchev–Trinajstić information content (AvgIpc) is 2.46. The molecule has 1 saturated heterocycles. The highest BCUT2D eigenvalue weighted by molar-refractivity contribution is 5.80. The van der Waals surface area contributed by atoms with Gasteiger partial charge in [0.15, 0.2) is 0 Å². The van der Waals surface area contributed by atoms with Gasteiger partial charge in [-0.05, 0) is 18.9 Å². The van der Waals surface area contributed by atoms with Gasteiger partial charge in [-0.25, -0.2) is 4.39 Å². The molecule has 2 amide bonds. The van der Waals surface area contributed by atoms with Crippen molar-refractivity contribution in [3.63, 3.8) is 0 Å². The van der Waals surface area contributed by atoms with Gasteiger partial charge in [-0.3, -0.25) is 9.59 Å². The van der Waals surface area contributed by atoms with E-state index in [4.69, 9.17) is 0 Å². The molecule has 1 aliphatic rings. The highest BCUT2D eigenvalue weighted by Gasteiger charge is 2.26. The van der Waals surface area contributed by atoms with Crippen molar-refractivity contribution in [3.05, 3.63) is 35.6 Å². The van der Waals surface area contributed by atoms with E-state index in [-0.39, 0.29) is 30.1 Å². The zero-order chi connectivity index (χ0) is 14.5. The summed E-state index contributed by atoms with van der Waals surface area (Å²) < 4.78 is 13.4. The Balaban J connectivity index is 1.89. The standard InChI is InChI=1S/C15H19FN2O2/c1-11(19)18-8-4-6-13(10-18)15(20)17-9-12-5-2-3-7-14(12)16/h2-3,5,7,13H,4,6,8-10H2,1H3,(H,17,20). The first-order valence-corrected chi connectivity index (χ1v) is 6.84. The first-order valence-electron chi connectivity index (χ1n) is 6.84. The number of likely N-dealkylation sites (tertiary alicyclic amines) is 1. The molecule has 0 saturated carbocycles. The topological polar surface area (TPSA) is 49.4 Å². The van der Waals surface area contributed by atoms with Crippen LogP contribution in [0.15, 0.2) is 24.3 Å². The van der Waals surface area contributed by atoms with Gasteiger partial charge in [0.2, 0.25) is 11.8 Å². The Labute approximate surface area is 118 Å². The Bertz CT molecular complexity index is 504. The van der Waals surface area contributed by atoms with Crippen LogP contribution in [0.2, 0.25) is 0 Å². The quantitative estimate of drug-likeness (QED) is 0.915. The van der Waals surface area contributed by atoms with Crippen LogP contribution in [0.25, 0.3) is 0 Å². The van der Waals surface area contributed by atoms with Crippen LogP contribution >= 0.6 is 0 Å². The van der Waals surface area contributed by atoms with Crippen LogP contribution in [0, 0.1) is 11.7 Å². The maximum atomic E-state index is 13.4. The van der Waals surface area contributed by atoms with Crippen molar-refractivity contribution in [1.29, 1.82) is 0 Å². The van der Waals surface area contributed by atoms with E-state index in [0.717, 1.165) is 12.8 Å². The number of nitrogens with zero attached hydrogens (tertiary/aromatic N) is 1. The third kappa shape index (κ3) is 3.56. The Morgan fingerprint density at radius 3 is 2.85 bits per heavy atom. The summed E-state index contributed by atoms with van der Waals surface area (Å²) in [6, 6.07) is 6.38. The van der Waals surface area contributed by atoms with Gasteiger partial charge in [-0.2, -0.15) is 0 Å². The second-order valence-corrected chi connectivity index (χ2v) is 5.11. The molecule has 1 aliphatic heterocycles. The van der Waals surface area contributed by atoms with Gasteiger partial charge in [-0.1, -0.05) is 18.2 Å². The Kier molecular flexibility index (Phi) is 4.71. The monoisotopic (exact) mass is 278 g/mol.